The van der Waals surface area contributed by atoms with Gasteiger partial charge in [0, 0.05) is 13.1 Å². The smallest absolute Gasteiger partial charge is 0.408 e. The Morgan fingerprint density at radius 3 is 2.27 bits per heavy atom. The summed E-state index contributed by atoms with van der Waals surface area (Å²) < 4.78 is 5.02. The minimum atomic E-state index is -1.28. The number of aliphatic carboxylic acids is 1. The molecule has 0 bridgehead atoms. The number of piperidine rings is 1. The molecular weight excluding hydrogens is 288 g/mol. The standard InChI is InChI=1S/C15H26N2O5/c1-10-5-7-17(8-6-10)12(18)9-11(13(19)20)16-14(21)22-15(2,3)4/h10-11H,5-9H2,1-4H3,(H,16,21)(H,19,20)/t11-/m0/s1. The second-order valence-corrected chi connectivity index (χ2v) is 6.80. The van der Waals surface area contributed by atoms with Crippen LogP contribution < -0.4 is 5.32 Å². The number of amides is 2. The number of carboxylic acid groups (broad SMARTS) is 1. The molecule has 0 spiro atoms. The van der Waals surface area contributed by atoms with Crippen molar-refractivity contribution in [1.82, 2.24) is 10.2 Å². The molecule has 1 rings (SSSR count). The van der Waals surface area contributed by atoms with Gasteiger partial charge in [0.25, 0.3) is 0 Å². The second-order valence-electron chi connectivity index (χ2n) is 6.80. The van der Waals surface area contributed by atoms with Crippen LogP contribution >= 0.6 is 0 Å². The van der Waals surface area contributed by atoms with E-state index in [0.29, 0.717) is 19.0 Å². The molecule has 0 unspecified atom stereocenters. The molecular formula is C15H26N2O5. The fourth-order valence-corrected chi connectivity index (χ4v) is 2.21. The molecule has 1 heterocycles. The van der Waals surface area contributed by atoms with Gasteiger partial charge in [-0.3, -0.25) is 4.79 Å². The predicted octanol–water partition coefficient (Wildman–Crippen LogP) is 1.61. The molecule has 22 heavy (non-hydrogen) atoms. The average molecular weight is 314 g/mol. The molecule has 1 fully saturated rings. The van der Waals surface area contributed by atoms with Crippen LogP contribution in [0, 0.1) is 5.92 Å². The molecule has 7 heteroatoms. The molecule has 126 valence electrons. The third-order valence-electron chi connectivity index (χ3n) is 3.50. The molecule has 0 aliphatic carbocycles. The maximum atomic E-state index is 12.2. The van der Waals surface area contributed by atoms with Crippen LogP contribution in [-0.4, -0.2) is 52.7 Å². The van der Waals surface area contributed by atoms with Gasteiger partial charge in [0.1, 0.15) is 11.6 Å². The predicted molar refractivity (Wildman–Crippen MR) is 80.4 cm³/mol. The van der Waals surface area contributed by atoms with Gasteiger partial charge < -0.3 is 20.1 Å². The second kappa shape index (κ2) is 7.47. The Balaban J connectivity index is 2.55. The monoisotopic (exact) mass is 314 g/mol. The van der Waals surface area contributed by atoms with E-state index in [0.717, 1.165) is 12.8 Å². The fraction of sp³-hybridized carbons (Fsp3) is 0.800. The summed E-state index contributed by atoms with van der Waals surface area (Å²) >= 11 is 0. The van der Waals surface area contributed by atoms with Crippen LogP contribution in [0.2, 0.25) is 0 Å². The van der Waals surface area contributed by atoms with E-state index in [-0.39, 0.29) is 12.3 Å². The molecule has 1 atom stereocenters. The molecule has 1 aliphatic rings. The van der Waals surface area contributed by atoms with Crippen LogP contribution in [0.5, 0.6) is 0 Å². The number of carbonyl (C=O) groups is 3. The lowest BCUT2D eigenvalue weighted by atomic mass is 9.99. The number of rotatable bonds is 4. The molecule has 0 saturated carbocycles. The van der Waals surface area contributed by atoms with Gasteiger partial charge in [-0.15, -0.1) is 0 Å². The van der Waals surface area contributed by atoms with Gasteiger partial charge in [-0.1, -0.05) is 6.92 Å². The van der Waals surface area contributed by atoms with E-state index in [1.807, 2.05) is 0 Å². The topological polar surface area (TPSA) is 95.9 Å². The first-order valence-electron chi connectivity index (χ1n) is 7.58. The van der Waals surface area contributed by atoms with E-state index in [4.69, 9.17) is 9.84 Å². The first-order chi connectivity index (χ1) is 10.1. The van der Waals surface area contributed by atoms with Gasteiger partial charge >= 0.3 is 12.1 Å². The molecule has 1 saturated heterocycles. The van der Waals surface area contributed by atoms with Crippen molar-refractivity contribution in [2.45, 2.75) is 58.6 Å². The van der Waals surface area contributed by atoms with Crippen molar-refractivity contribution in [3.63, 3.8) is 0 Å². The van der Waals surface area contributed by atoms with E-state index in [9.17, 15) is 14.4 Å². The van der Waals surface area contributed by atoms with E-state index < -0.39 is 23.7 Å². The number of carboxylic acids is 1. The van der Waals surface area contributed by atoms with E-state index >= 15 is 0 Å². The van der Waals surface area contributed by atoms with Gasteiger partial charge in [0.15, 0.2) is 0 Å². The molecule has 0 aromatic carbocycles. The Hall–Kier alpha value is -1.79. The Morgan fingerprint density at radius 2 is 1.82 bits per heavy atom. The highest BCUT2D eigenvalue weighted by Crippen LogP contribution is 2.17. The molecule has 7 nitrogen and oxygen atoms in total. The molecule has 2 N–H and O–H groups in total. The maximum absolute atomic E-state index is 12.2. The number of carbonyl (C=O) groups excluding carboxylic acids is 2. The van der Waals surface area contributed by atoms with Crippen molar-refractivity contribution in [2.75, 3.05) is 13.1 Å². The molecule has 0 radical (unpaired) electrons. The summed E-state index contributed by atoms with van der Waals surface area (Å²) in [6, 6.07) is -1.28. The third kappa shape index (κ3) is 6.32. The number of likely N-dealkylation sites (tertiary alicyclic amines) is 1. The van der Waals surface area contributed by atoms with E-state index in [1.165, 1.54) is 0 Å². The lowest BCUT2D eigenvalue weighted by Crippen LogP contribution is -2.47. The van der Waals surface area contributed by atoms with Crippen LogP contribution in [0.15, 0.2) is 0 Å². The molecule has 1 aliphatic heterocycles. The summed E-state index contributed by atoms with van der Waals surface area (Å²) in [6.07, 6.45) is 0.745. The quantitative estimate of drug-likeness (QED) is 0.822. The Labute approximate surface area is 131 Å². The minimum Gasteiger partial charge on any atom is -0.480 e. The lowest BCUT2D eigenvalue weighted by Gasteiger charge is -2.31. The van der Waals surface area contributed by atoms with Crippen molar-refractivity contribution in [3.05, 3.63) is 0 Å². The number of hydrogen-bond acceptors (Lipinski definition) is 4. The van der Waals surface area contributed by atoms with Gasteiger partial charge in [0.2, 0.25) is 5.91 Å². The Kier molecular flexibility index (Phi) is 6.20. The van der Waals surface area contributed by atoms with Crippen LogP contribution in [0.25, 0.3) is 0 Å². The van der Waals surface area contributed by atoms with Gasteiger partial charge in [-0.2, -0.15) is 0 Å². The van der Waals surface area contributed by atoms with Crippen molar-refractivity contribution in [2.24, 2.45) is 5.92 Å². The van der Waals surface area contributed by atoms with Crippen molar-refractivity contribution >= 4 is 18.0 Å². The highest BCUT2D eigenvalue weighted by atomic mass is 16.6. The number of nitrogens with one attached hydrogen (secondary N) is 1. The summed E-state index contributed by atoms with van der Waals surface area (Å²) in [5, 5.41) is 11.4. The number of alkyl carbamates (subject to hydrolysis) is 1. The normalized spacial score (nSPS) is 17.7. The van der Waals surface area contributed by atoms with E-state index in [1.54, 1.807) is 25.7 Å². The molecule has 0 aromatic rings. The van der Waals surface area contributed by atoms with Crippen LogP contribution in [0.3, 0.4) is 0 Å². The SMILES string of the molecule is CC1CCN(C(=O)C[C@H](NC(=O)OC(C)(C)C)C(=O)O)CC1. The zero-order valence-electron chi connectivity index (χ0n) is 13.7. The first kappa shape index (κ1) is 18.3. The Morgan fingerprint density at radius 1 is 1.27 bits per heavy atom. The van der Waals surface area contributed by atoms with Gasteiger partial charge in [0.05, 0.1) is 6.42 Å². The van der Waals surface area contributed by atoms with Crippen LogP contribution in [0.4, 0.5) is 4.79 Å². The summed E-state index contributed by atoms with van der Waals surface area (Å²) in [5.41, 5.74) is -0.722. The largest absolute Gasteiger partial charge is 0.480 e. The van der Waals surface area contributed by atoms with Crippen molar-refractivity contribution in [3.8, 4) is 0 Å². The number of ether oxygens (including phenoxy) is 1. The fourth-order valence-electron chi connectivity index (χ4n) is 2.21. The zero-order chi connectivity index (χ0) is 16.9. The maximum Gasteiger partial charge on any atom is 0.408 e. The number of nitrogens with zero attached hydrogens (tertiary/aromatic N) is 1. The Bertz CT molecular complexity index is 422. The van der Waals surface area contributed by atoms with Crippen LogP contribution in [0.1, 0.15) is 47.0 Å². The highest BCUT2D eigenvalue weighted by molar-refractivity contribution is 5.87. The summed E-state index contributed by atoms with van der Waals surface area (Å²) in [7, 11) is 0. The summed E-state index contributed by atoms with van der Waals surface area (Å²) in [4.78, 5) is 36.7. The first-order valence-corrected chi connectivity index (χ1v) is 7.58. The van der Waals surface area contributed by atoms with Gasteiger partial charge in [-0.05, 0) is 39.5 Å². The highest BCUT2D eigenvalue weighted by Gasteiger charge is 2.29. The van der Waals surface area contributed by atoms with Gasteiger partial charge in [-0.25, -0.2) is 9.59 Å². The zero-order valence-corrected chi connectivity index (χ0v) is 13.7. The summed E-state index contributed by atoms with van der Waals surface area (Å²) in [6.45, 7) is 8.46. The number of hydrogen-bond donors (Lipinski definition) is 2. The average Bonchev–Trinajstić information content (AvgIpc) is 2.36. The molecule has 2 amide bonds. The van der Waals surface area contributed by atoms with Crippen LogP contribution in [-0.2, 0) is 14.3 Å². The molecule has 0 aromatic heterocycles. The third-order valence-corrected chi connectivity index (χ3v) is 3.50. The van der Waals surface area contributed by atoms with Crippen molar-refractivity contribution in [1.29, 1.82) is 0 Å². The lowest BCUT2D eigenvalue weighted by molar-refractivity contribution is -0.143. The van der Waals surface area contributed by atoms with E-state index in [2.05, 4.69) is 12.2 Å². The minimum absolute atomic E-state index is 0.254. The summed E-state index contributed by atoms with van der Waals surface area (Å²) in [5.74, 6) is -0.917. The van der Waals surface area contributed by atoms with Crippen molar-refractivity contribution < 1.29 is 24.2 Å².